The minimum atomic E-state index is -0.784. The number of methoxy groups -OCH3 is 1. The molecule has 0 aromatic heterocycles. The van der Waals surface area contributed by atoms with E-state index in [2.05, 4.69) is 0 Å². The van der Waals surface area contributed by atoms with Crippen molar-refractivity contribution in [1.29, 1.82) is 0 Å². The average molecular weight is 243 g/mol. The lowest BCUT2D eigenvalue weighted by Crippen LogP contribution is -2.02. The van der Waals surface area contributed by atoms with E-state index in [1.54, 1.807) is 19.2 Å². The Morgan fingerprint density at radius 3 is 2.81 bits per heavy atom. The molecule has 1 aromatic carbocycles. The molecular formula is C12H15ClO3. The van der Waals surface area contributed by atoms with Gasteiger partial charge in [0.15, 0.2) is 0 Å². The van der Waals surface area contributed by atoms with Crippen LogP contribution in [-0.2, 0) is 4.79 Å². The fourth-order valence-corrected chi connectivity index (χ4v) is 1.77. The molecule has 0 heterocycles. The Bertz CT molecular complexity index is 377. The average Bonchev–Trinajstić information content (AvgIpc) is 2.25. The Hall–Kier alpha value is -1.22. The minimum absolute atomic E-state index is 0.116. The van der Waals surface area contributed by atoms with Crippen molar-refractivity contribution < 1.29 is 14.6 Å². The van der Waals surface area contributed by atoms with E-state index in [9.17, 15) is 4.79 Å². The van der Waals surface area contributed by atoms with Crippen molar-refractivity contribution in [3.63, 3.8) is 0 Å². The molecule has 88 valence electrons. The molecule has 0 radical (unpaired) electrons. The van der Waals surface area contributed by atoms with E-state index in [-0.39, 0.29) is 12.3 Å². The van der Waals surface area contributed by atoms with E-state index in [0.717, 1.165) is 11.3 Å². The van der Waals surface area contributed by atoms with Gasteiger partial charge in [0.1, 0.15) is 5.75 Å². The fraction of sp³-hybridized carbons (Fsp3) is 0.417. The summed E-state index contributed by atoms with van der Waals surface area (Å²) in [5.41, 5.74) is 0.955. The van der Waals surface area contributed by atoms with Crippen molar-refractivity contribution in [2.45, 2.75) is 25.7 Å². The predicted molar refractivity (Wildman–Crippen MR) is 63.3 cm³/mol. The maximum atomic E-state index is 10.5. The second-order valence-electron chi connectivity index (χ2n) is 3.72. The zero-order chi connectivity index (χ0) is 12.1. The summed E-state index contributed by atoms with van der Waals surface area (Å²) in [6, 6.07) is 5.38. The summed E-state index contributed by atoms with van der Waals surface area (Å²) in [4.78, 5) is 10.5. The van der Waals surface area contributed by atoms with Gasteiger partial charge in [-0.3, -0.25) is 4.79 Å². The molecule has 1 rings (SSSR count). The Kier molecular flexibility index (Phi) is 4.62. The molecule has 0 aliphatic carbocycles. The smallest absolute Gasteiger partial charge is 0.303 e. The van der Waals surface area contributed by atoms with Gasteiger partial charge >= 0.3 is 5.97 Å². The highest BCUT2D eigenvalue weighted by atomic mass is 35.5. The van der Waals surface area contributed by atoms with Gasteiger partial charge in [0.2, 0.25) is 0 Å². The number of aliphatic carboxylic acids is 1. The molecule has 3 nitrogen and oxygen atoms in total. The maximum Gasteiger partial charge on any atom is 0.303 e. The largest absolute Gasteiger partial charge is 0.496 e. The van der Waals surface area contributed by atoms with Gasteiger partial charge < -0.3 is 9.84 Å². The van der Waals surface area contributed by atoms with Gasteiger partial charge in [-0.2, -0.15) is 0 Å². The molecule has 0 aliphatic heterocycles. The molecule has 0 amide bonds. The van der Waals surface area contributed by atoms with Gasteiger partial charge in [0.25, 0.3) is 0 Å². The van der Waals surface area contributed by atoms with Crippen LogP contribution in [0.25, 0.3) is 0 Å². The lowest BCUT2D eigenvalue weighted by atomic mass is 9.95. The molecule has 0 fully saturated rings. The first-order chi connectivity index (χ1) is 7.54. The standard InChI is InChI=1S/C12H15ClO3/c1-8(3-6-12(14)15)10-7-9(13)4-5-11(10)16-2/h4-5,7-8H,3,6H2,1-2H3,(H,14,15). The molecule has 0 spiro atoms. The molecule has 1 atom stereocenters. The summed E-state index contributed by atoms with van der Waals surface area (Å²) >= 11 is 5.91. The summed E-state index contributed by atoms with van der Waals surface area (Å²) in [6.07, 6.45) is 0.725. The highest BCUT2D eigenvalue weighted by Crippen LogP contribution is 2.31. The van der Waals surface area contributed by atoms with Gasteiger partial charge in [-0.15, -0.1) is 0 Å². The molecular weight excluding hydrogens is 228 g/mol. The monoisotopic (exact) mass is 242 g/mol. The van der Waals surface area contributed by atoms with Crippen molar-refractivity contribution >= 4 is 17.6 Å². The third kappa shape index (κ3) is 3.42. The maximum absolute atomic E-state index is 10.5. The van der Waals surface area contributed by atoms with E-state index >= 15 is 0 Å². The lowest BCUT2D eigenvalue weighted by Gasteiger charge is -2.15. The Morgan fingerprint density at radius 2 is 2.25 bits per heavy atom. The molecule has 0 bridgehead atoms. The van der Waals surface area contributed by atoms with Crippen LogP contribution in [0, 0.1) is 0 Å². The number of halogens is 1. The van der Waals surface area contributed by atoms with Crippen LogP contribution < -0.4 is 4.74 Å². The van der Waals surface area contributed by atoms with Gasteiger partial charge in [-0.05, 0) is 36.1 Å². The van der Waals surface area contributed by atoms with Crippen LogP contribution in [0.2, 0.25) is 5.02 Å². The molecule has 16 heavy (non-hydrogen) atoms. The number of carboxylic acid groups (broad SMARTS) is 1. The molecule has 0 saturated heterocycles. The molecule has 1 N–H and O–H groups in total. The lowest BCUT2D eigenvalue weighted by molar-refractivity contribution is -0.137. The number of benzene rings is 1. The summed E-state index contributed by atoms with van der Waals surface area (Å²) < 4.78 is 5.22. The molecule has 4 heteroatoms. The summed E-state index contributed by atoms with van der Waals surface area (Å²) in [6.45, 7) is 1.97. The topological polar surface area (TPSA) is 46.5 Å². The predicted octanol–water partition coefficient (Wildman–Crippen LogP) is 3.32. The number of carbonyl (C=O) groups is 1. The molecule has 0 saturated carbocycles. The van der Waals surface area contributed by atoms with Gasteiger partial charge in [-0.1, -0.05) is 18.5 Å². The van der Waals surface area contributed by atoms with Crippen molar-refractivity contribution in [2.24, 2.45) is 0 Å². The van der Waals surface area contributed by atoms with E-state index in [1.807, 2.05) is 13.0 Å². The SMILES string of the molecule is COc1ccc(Cl)cc1C(C)CCC(=O)O. The zero-order valence-electron chi connectivity index (χ0n) is 9.37. The Morgan fingerprint density at radius 1 is 1.56 bits per heavy atom. The molecule has 0 aliphatic rings. The van der Waals surface area contributed by atoms with E-state index in [4.69, 9.17) is 21.4 Å². The summed E-state index contributed by atoms with van der Waals surface area (Å²) in [5.74, 6) is 0.0832. The van der Waals surface area contributed by atoms with Crippen molar-refractivity contribution in [2.75, 3.05) is 7.11 Å². The highest BCUT2D eigenvalue weighted by Gasteiger charge is 2.13. The van der Waals surface area contributed by atoms with Crippen LogP contribution in [0.4, 0.5) is 0 Å². The number of hydrogen-bond donors (Lipinski definition) is 1. The minimum Gasteiger partial charge on any atom is -0.496 e. The van der Waals surface area contributed by atoms with E-state index in [0.29, 0.717) is 11.4 Å². The first kappa shape index (κ1) is 12.8. The van der Waals surface area contributed by atoms with Crippen LogP contribution >= 0.6 is 11.6 Å². The van der Waals surface area contributed by atoms with Crippen LogP contribution in [0.5, 0.6) is 5.75 Å². The third-order valence-corrected chi connectivity index (χ3v) is 2.75. The Balaban J connectivity index is 2.84. The van der Waals surface area contributed by atoms with E-state index < -0.39 is 5.97 Å². The van der Waals surface area contributed by atoms with Crippen molar-refractivity contribution in [3.8, 4) is 5.75 Å². The van der Waals surface area contributed by atoms with Crippen LogP contribution in [0.1, 0.15) is 31.2 Å². The second kappa shape index (κ2) is 5.75. The number of rotatable bonds is 5. The van der Waals surface area contributed by atoms with Crippen molar-refractivity contribution in [3.05, 3.63) is 28.8 Å². The highest BCUT2D eigenvalue weighted by molar-refractivity contribution is 6.30. The van der Waals surface area contributed by atoms with Crippen molar-refractivity contribution in [1.82, 2.24) is 0 Å². The van der Waals surface area contributed by atoms with Gasteiger partial charge in [0, 0.05) is 11.4 Å². The van der Waals surface area contributed by atoms with Gasteiger partial charge in [-0.25, -0.2) is 0 Å². The first-order valence-electron chi connectivity index (χ1n) is 5.09. The Labute approximate surface area is 100.0 Å². The normalized spacial score (nSPS) is 12.2. The third-order valence-electron chi connectivity index (χ3n) is 2.51. The quantitative estimate of drug-likeness (QED) is 0.862. The van der Waals surface area contributed by atoms with E-state index in [1.165, 1.54) is 0 Å². The van der Waals surface area contributed by atoms with Crippen LogP contribution in [0.15, 0.2) is 18.2 Å². The summed E-state index contributed by atoms with van der Waals surface area (Å²) in [5, 5.41) is 9.27. The van der Waals surface area contributed by atoms with Crippen LogP contribution in [-0.4, -0.2) is 18.2 Å². The number of ether oxygens (including phenoxy) is 1. The van der Waals surface area contributed by atoms with Crippen LogP contribution in [0.3, 0.4) is 0 Å². The van der Waals surface area contributed by atoms with Gasteiger partial charge in [0.05, 0.1) is 7.11 Å². The zero-order valence-corrected chi connectivity index (χ0v) is 10.1. The summed E-state index contributed by atoms with van der Waals surface area (Å²) in [7, 11) is 1.59. The second-order valence-corrected chi connectivity index (χ2v) is 4.16. The number of hydrogen-bond acceptors (Lipinski definition) is 2. The molecule has 1 aromatic rings. The fourth-order valence-electron chi connectivity index (χ4n) is 1.59. The first-order valence-corrected chi connectivity index (χ1v) is 5.47. The molecule has 1 unspecified atom stereocenters. The number of carboxylic acids is 1.